The van der Waals surface area contributed by atoms with Crippen molar-refractivity contribution in [2.75, 3.05) is 14.2 Å². The van der Waals surface area contributed by atoms with Crippen LogP contribution in [0.3, 0.4) is 0 Å². The Labute approximate surface area is 218 Å². The van der Waals surface area contributed by atoms with Crippen LogP contribution in [0.2, 0.25) is 0 Å². The van der Waals surface area contributed by atoms with Crippen molar-refractivity contribution in [2.24, 2.45) is 0 Å². The monoisotopic (exact) mass is 505 g/mol. The average molecular weight is 506 g/mol. The molecule has 4 aromatic carbocycles. The van der Waals surface area contributed by atoms with E-state index in [1.165, 1.54) is 18.2 Å². The van der Waals surface area contributed by atoms with Crippen molar-refractivity contribution in [3.05, 3.63) is 119 Å². The van der Waals surface area contributed by atoms with Crippen molar-refractivity contribution in [3.8, 4) is 28.2 Å². The second-order valence-corrected chi connectivity index (χ2v) is 9.19. The number of hydrogen-bond donors (Lipinski definition) is 2. The zero-order valence-electron chi connectivity index (χ0n) is 20.8. The van der Waals surface area contributed by atoms with Gasteiger partial charge in [0.25, 0.3) is 0 Å². The number of carbonyl (C=O) groups is 1. The Kier molecular flexibility index (Phi) is 5.72. The van der Waals surface area contributed by atoms with Crippen LogP contribution in [-0.2, 0) is 0 Å². The van der Waals surface area contributed by atoms with Gasteiger partial charge < -0.3 is 19.6 Å². The predicted molar refractivity (Wildman–Crippen MR) is 146 cm³/mol. The van der Waals surface area contributed by atoms with Crippen molar-refractivity contribution >= 4 is 23.0 Å². The lowest BCUT2D eigenvalue weighted by Crippen LogP contribution is -2.13. The molecule has 38 heavy (non-hydrogen) atoms. The number of hydrogen-bond acceptors (Lipinski definition) is 4. The lowest BCUT2D eigenvalue weighted by Gasteiger charge is -2.18. The minimum atomic E-state index is -1.01. The highest BCUT2D eigenvalue weighted by molar-refractivity contribution is 5.96. The number of benzene rings is 4. The number of methoxy groups -OCH3 is 1. The molecule has 1 aliphatic rings. The summed E-state index contributed by atoms with van der Waals surface area (Å²) < 4.78 is 25.8. The van der Waals surface area contributed by atoms with Crippen LogP contribution in [0.25, 0.3) is 39.5 Å². The highest BCUT2D eigenvalue weighted by Gasteiger charge is 2.32. The first-order valence-corrected chi connectivity index (χ1v) is 12.2. The van der Waals surface area contributed by atoms with Gasteiger partial charge in [0.15, 0.2) is 0 Å². The van der Waals surface area contributed by atoms with Gasteiger partial charge in [0, 0.05) is 34.8 Å². The fraction of sp³-hybridized carbons (Fsp3) is 0.0938. The number of halogens is 1. The number of fused-ring (bicyclic) bond motifs is 2. The molecule has 0 radical (unpaired) electrons. The zero-order valence-corrected chi connectivity index (χ0v) is 20.8. The molecule has 0 saturated heterocycles. The number of furan rings is 1. The van der Waals surface area contributed by atoms with Crippen LogP contribution in [0, 0.1) is 5.82 Å². The first-order valence-electron chi connectivity index (χ1n) is 12.2. The molecule has 0 fully saturated rings. The standard InChI is InChI=1S/C32H24FNO4/c1-34-26-17-19-5-3-4-6-23(19)29(26)30-25-15-20(24-16-21(32(35)36)10-13-27(24)37-2)9-14-28(25)38-31(30)18-7-11-22(33)12-8-18/h3-17,29,34H,1-2H3,(H,35,36). The molecule has 1 heterocycles. The number of carboxylic acids is 1. The maximum absolute atomic E-state index is 13.8. The van der Waals surface area contributed by atoms with E-state index in [0.29, 0.717) is 22.7 Å². The Morgan fingerprint density at radius 1 is 0.974 bits per heavy atom. The van der Waals surface area contributed by atoms with Crippen LogP contribution in [0.15, 0.2) is 95.0 Å². The second-order valence-electron chi connectivity index (χ2n) is 9.19. The molecular formula is C32H24FNO4. The summed E-state index contributed by atoms with van der Waals surface area (Å²) >= 11 is 0. The average Bonchev–Trinajstić information content (AvgIpc) is 3.50. The zero-order chi connectivity index (χ0) is 26.4. The van der Waals surface area contributed by atoms with Crippen LogP contribution in [-0.4, -0.2) is 25.2 Å². The van der Waals surface area contributed by atoms with Crippen LogP contribution in [0.1, 0.15) is 33.0 Å². The van der Waals surface area contributed by atoms with Gasteiger partial charge in [-0.1, -0.05) is 30.3 Å². The maximum atomic E-state index is 13.8. The van der Waals surface area contributed by atoms with Crippen molar-refractivity contribution in [2.45, 2.75) is 5.92 Å². The number of nitrogens with one attached hydrogen (secondary N) is 1. The molecular weight excluding hydrogens is 481 g/mol. The van der Waals surface area contributed by atoms with E-state index >= 15 is 0 Å². The third-order valence-electron chi connectivity index (χ3n) is 7.10. The SMILES string of the molecule is CNC1=Cc2ccccc2C1c1c(-c2ccc(F)cc2)oc2ccc(-c3cc(C(=O)O)ccc3OC)cc12. The highest BCUT2D eigenvalue weighted by Crippen LogP contribution is 2.48. The van der Waals surface area contributed by atoms with Gasteiger partial charge in [0.1, 0.15) is 22.9 Å². The lowest BCUT2D eigenvalue weighted by molar-refractivity contribution is 0.0697. The van der Waals surface area contributed by atoms with Crippen LogP contribution in [0.5, 0.6) is 5.75 Å². The lowest BCUT2D eigenvalue weighted by atomic mass is 9.87. The summed E-state index contributed by atoms with van der Waals surface area (Å²) in [6.45, 7) is 0. The van der Waals surface area contributed by atoms with Gasteiger partial charge in [-0.3, -0.25) is 0 Å². The summed E-state index contributed by atoms with van der Waals surface area (Å²) in [6, 6.07) is 25.1. The van der Waals surface area contributed by atoms with Gasteiger partial charge in [0.2, 0.25) is 0 Å². The van der Waals surface area contributed by atoms with Crippen LogP contribution >= 0.6 is 0 Å². The summed E-state index contributed by atoms with van der Waals surface area (Å²) in [4.78, 5) is 11.7. The van der Waals surface area contributed by atoms with Crippen molar-refractivity contribution in [1.29, 1.82) is 0 Å². The normalized spacial score (nSPS) is 14.3. The molecule has 0 bridgehead atoms. The molecule has 1 aromatic heterocycles. The van der Waals surface area contributed by atoms with Crippen molar-refractivity contribution < 1.29 is 23.4 Å². The number of aromatic carboxylic acids is 1. The Morgan fingerprint density at radius 3 is 2.47 bits per heavy atom. The fourth-order valence-electron chi connectivity index (χ4n) is 5.30. The van der Waals surface area contributed by atoms with Gasteiger partial charge in [-0.15, -0.1) is 0 Å². The molecule has 0 amide bonds. The van der Waals surface area contributed by atoms with Crippen LogP contribution < -0.4 is 10.1 Å². The van der Waals surface area contributed by atoms with E-state index in [-0.39, 0.29) is 17.3 Å². The predicted octanol–water partition coefficient (Wildman–Crippen LogP) is 7.32. The Bertz CT molecular complexity index is 1730. The number of rotatable bonds is 6. The number of likely N-dealkylation sites (N-methyl/N-ethyl adjacent to an activating group) is 1. The number of carboxylic acid groups (broad SMARTS) is 1. The largest absolute Gasteiger partial charge is 0.496 e. The third-order valence-corrected chi connectivity index (χ3v) is 7.10. The molecule has 0 saturated carbocycles. The van der Waals surface area contributed by atoms with Gasteiger partial charge in [0.05, 0.1) is 18.6 Å². The molecule has 0 spiro atoms. The summed E-state index contributed by atoms with van der Waals surface area (Å²) in [5.41, 5.74) is 7.31. The Morgan fingerprint density at radius 2 is 1.74 bits per heavy atom. The van der Waals surface area contributed by atoms with E-state index in [1.54, 1.807) is 31.4 Å². The summed E-state index contributed by atoms with van der Waals surface area (Å²) in [6.07, 6.45) is 2.14. The van der Waals surface area contributed by atoms with E-state index in [0.717, 1.165) is 38.9 Å². The summed E-state index contributed by atoms with van der Waals surface area (Å²) in [5.74, 6) is -0.239. The molecule has 1 atom stereocenters. The Balaban J connectivity index is 1.64. The summed E-state index contributed by atoms with van der Waals surface area (Å²) in [5, 5.41) is 13.8. The number of allylic oxidation sites excluding steroid dienone is 1. The topological polar surface area (TPSA) is 71.7 Å². The van der Waals surface area contributed by atoms with E-state index in [4.69, 9.17) is 9.15 Å². The molecule has 0 aliphatic heterocycles. The van der Waals surface area contributed by atoms with Gasteiger partial charge >= 0.3 is 5.97 Å². The molecule has 1 aliphatic carbocycles. The maximum Gasteiger partial charge on any atom is 0.335 e. The molecule has 5 nitrogen and oxygen atoms in total. The Hall–Kier alpha value is -4.84. The molecule has 1 unspecified atom stereocenters. The molecule has 188 valence electrons. The van der Waals surface area contributed by atoms with E-state index in [1.807, 2.05) is 37.4 Å². The first-order chi connectivity index (χ1) is 18.5. The minimum absolute atomic E-state index is 0.139. The quantitative estimate of drug-likeness (QED) is 0.253. The van der Waals surface area contributed by atoms with E-state index in [9.17, 15) is 14.3 Å². The van der Waals surface area contributed by atoms with E-state index in [2.05, 4.69) is 23.5 Å². The molecule has 5 aromatic rings. The van der Waals surface area contributed by atoms with Crippen molar-refractivity contribution in [1.82, 2.24) is 5.32 Å². The first kappa shape index (κ1) is 23.6. The smallest absolute Gasteiger partial charge is 0.335 e. The van der Waals surface area contributed by atoms with E-state index < -0.39 is 5.97 Å². The minimum Gasteiger partial charge on any atom is -0.496 e. The second kappa shape index (κ2) is 9.23. The molecule has 6 rings (SSSR count). The summed E-state index contributed by atoms with van der Waals surface area (Å²) in [7, 11) is 3.46. The van der Waals surface area contributed by atoms with Gasteiger partial charge in [-0.25, -0.2) is 9.18 Å². The van der Waals surface area contributed by atoms with Crippen molar-refractivity contribution in [3.63, 3.8) is 0 Å². The fourth-order valence-corrected chi connectivity index (χ4v) is 5.30. The molecule has 2 N–H and O–H groups in total. The molecule has 6 heteroatoms. The number of ether oxygens (including phenoxy) is 1. The van der Waals surface area contributed by atoms with Gasteiger partial charge in [-0.05, 0) is 77.4 Å². The third kappa shape index (κ3) is 3.82. The van der Waals surface area contributed by atoms with Gasteiger partial charge in [-0.2, -0.15) is 0 Å². The highest BCUT2D eigenvalue weighted by atomic mass is 19.1. The van der Waals surface area contributed by atoms with Crippen LogP contribution in [0.4, 0.5) is 4.39 Å².